The Morgan fingerprint density at radius 2 is 1.63 bits per heavy atom. The zero-order chi connectivity index (χ0) is 13.2. The molecule has 19 heavy (non-hydrogen) atoms. The Morgan fingerprint density at radius 1 is 1.00 bits per heavy atom. The van der Waals surface area contributed by atoms with Gasteiger partial charge < -0.3 is 0 Å². The van der Waals surface area contributed by atoms with Gasteiger partial charge in [-0.15, -0.1) is 0 Å². The van der Waals surface area contributed by atoms with Gasteiger partial charge in [0.15, 0.2) is 0 Å². The van der Waals surface area contributed by atoms with Crippen LogP contribution in [0.3, 0.4) is 0 Å². The van der Waals surface area contributed by atoms with Crippen molar-refractivity contribution in [2.75, 3.05) is 4.90 Å². The molecular weight excluding hydrogens is 349 g/mol. The van der Waals surface area contributed by atoms with Gasteiger partial charge in [-0.2, -0.15) is 0 Å². The lowest BCUT2D eigenvalue weighted by Crippen LogP contribution is -2.26. The highest BCUT2D eigenvalue weighted by Crippen LogP contribution is 2.26. The van der Waals surface area contributed by atoms with Crippen LogP contribution in [0.25, 0.3) is 0 Å². The normalized spacial score (nSPS) is 12.4. The maximum Gasteiger partial charge on any atom is 0.287 e. The number of hydrogen-bond donors (Lipinski definition) is 0. The maximum atomic E-state index is 11.9. The zero-order valence-electron chi connectivity index (χ0n) is 10.1. The number of fused-ring (bicyclic) bond motifs is 2. The SMILES string of the molecule is O=C(I)N1Cc2ccccc2C#Cc2ccccc21. The predicted molar refractivity (Wildman–Crippen MR) is 84.5 cm³/mol. The molecule has 2 aromatic carbocycles. The number of nitrogens with zero attached hydrogens (tertiary/aromatic N) is 1. The van der Waals surface area contributed by atoms with Gasteiger partial charge in [0, 0.05) is 33.7 Å². The molecule has 0 saturated heterocycles. The van der Waals surface area contributed by atoms with E-state index in [1.807, 2.05) is 71.1 Å². The van der Waals surface area contributed by atoms with Crippen molar-refractivity contribution in [2.45, 2.75) is 6.54 Å². The van der Waals surface area contributed by atoms with Gasteiger partial charge in [0.2, 0.25) is 0 Å². The molecule has 1 aliphatic heterocycles. The van der Waals surface area contributed by atoms with Crippen molar-refractivity contribution in [1.82, 2.24) is 0 Å². The molecule has 3 rings (SSSR count). The summed E-state index contributed by atoms with van der Waals surface area (Å²) >= 11 is 1.83. The van der Waals surface area contributed by atoms with Gasteiger partial charge in [-0.25, -0.2) is 0 Å². The summed E-state index contributed by atoms with van der Waals surface area (Å²) in [7, 11) is 0. The summed E-state index contributed by atoms with van der Waals surface area (Å²) in [5.41, 5.74) is 3.83. The molecule has 2 nitrogen and oxygen atoms in total. The van der Waals surface area contributed by atoms with Crippen LogP contribution < -0.4 is 4.90 Å². The standard InChI is InChI=1S/C16H10INO/c17-16(19)18-11-14-7-2-1-5-12(14)9-10-13-6-3-4-8-15(13)18/h1-8H,11H2. The number of benzene rings is 2. The fourth-order valence-corrected chi connectivity index (χ4v) is 2.57. The highest BCUT2D eigenvalue weighted by Gasteiger charge is 2.18. The lowest BCUT2D eigenvalue weighted by Gasteiger charge is -2.23. The van der Waals surface area contributed by atoms with Crippen molar-refractivity contribution >= 4 is 32.2 Å². The molecule has 1 amide bonds. The molecule has 0 unspecified atom stereocenters. The number of para-hydroxylation sites is 1. The van der Waals surface area contributed by atoms with Gasteiger partial charge in [0.05, 0.1) is 12.2 Å². The van der Waals surface area contributed by atoms with Gasteiger partial charge in [0.25, 0.3) is 3.91 Å². The second kappa shape index (κ2) is 5.06. The lowest BCUT2D eigenvalue weighted by atomic mass is 10.0. The molecule has 92 valence electrons. The minimum Gasteiger partial charge on any atom is -0.298 e. The molecule has 0 N–H and O–H groups in total. The van der Waals surface area contributed by atoms with Crippen LogP contribution in [0.1, 0.15) is 16.7 Å². The first-order valence-corrected chi connectivity index (χ1v) is 6.99. The van der Waals surface area contributed by atoms with Crippen LogP contribution in [-0.4, -0.2) is 3.91 Å². The lowest BCUT2D eigenvalue weighted by molar-refractivity contribution is 0.267. The van der Waals surface area contributed by atoms with Crippen LogP contribution in [0.2, 0.25) is 0 Å². The summed E-state index contributed by atoms with van der Waals surface area (Å²) in [6.07, 6.45) is 0. The van der Waals surface area contributed by atoms with Crippen molar-refractivity contribution in [3.63, 3.8) is 0 Å². The number of carbonyl (C=O) groups is 1. The third-order valence-electron chi connectivity index (χ3n) is 3.08. The second-order valence-electron chi connectivity index (χ2n) is 4.26. The molecule has 2 aromatic rings. The average molecular weight is 359 g/mol. The van der Waals surface area contributed by atoms with E-state index in [-0.39, 0.29) is 3.91 Å². The molecule has 0 radical (unpaired) electrons. The first-order valence-electron chi connectivity index (χ1n) is 5.91. The van der Waals surface area contributed by atoms with E-state index in [4.69, 9.17) is 0 Å². The third kappa shape index (κ3) is 2.36. The van der Waals surface area contributed by atoms with Crippen molar-refractivity contribution < 1.29 is 4.79 Å². The number of amides is 1. The minimum absolute atomic E-state index is 0.00329. The summed E-state index contributed by atoms with van der Waals surface area (Å²) in [6.45, 7) is 0.559. The smallest absolute Gasteiger partial charge is 0.287 e. The van der Waals surface area contributed by atoms with Crippen LogP contribution in [-0.2, 0) is 6.54 Å². The first kappa shape index (κ1) is 12.2. The molecule has 3 heteroatoms. The van der Waals surface area contributed by atoms with E-state index < -0.39 is 0 Å². The zero-order valence-corrected chi connectivity index (χ0v) is 12.2. The van der Waals surface area contributed by atoms with Crippen LogP contribution in [0.15, 0.2) is 48.5 Å². The number of rotatable bonds is 0. The maximum absolute atomic E-state index is 11.9. The summed E-state index contributed by atoms with van der Waals surface area (Å²) in [5, 5.41) is 0. The number of anilines is 1. The van der Waals surface area contributed by atoms with Crippen LogP contribution in [0.4, 0.5) is 10.5 Å². The largest absolute Gasteiger partial charge is 0.298 e. The number of halogens is 1. The van der Waals surface area contributed by atoms with Gasteiger partial charge in [-0.3, -0.25) is 9.69 Å². The van der Waals surface area contributed by atoms with Gasteiger partial charge in [0.1, 0.15) is 0 Å². The highest BCUT2D eigenvalue weighted by molar-refractivity contribution is 14.1. The summed E-state index contributed by atoms with van der Waals surface area (Å²) < 4.78 is 0.00329. The van der Waals surface area contributed by atoms with Crippen LogP contribution >= 0.6 is 22.6 Å². The highest BCUT2D eigenvalue weighted by atomic mass is 127. The van der Waals surface area contributed by atoms with Crippen molar-refractivity contribution in [3.05, 3.63) is 65.2 Å². The van der Waals surface area contributed by atoms with E-state index in [9.17, 15) is 4.79 Å². The van der Waals surface area contributed by atoms with Gasteiger partial charge >= 0.3 is 0 Å². The van der Waals surface area contributed by atoms with Crippen LogP contribution in [0.5, 0.6) is 0 Å². The van der Waals surface area contributed by atoms with E-state index in [0.717, 1.165) is 22.4 Å². The molecule has 1 heterocycles. The van der Waals surface area contributed by atoms with Gasteiger partial charge in [-0.1, -0.05) is 42.2 Å². The predicted octanol–water partition coefficient (Wildman–Crippen LogP) is 3.96. The van der Waals surface area contributed by atoms with E-state index in [0.29, 0.717) is 6.54 Å². The Morgan fingerprint density at radius 3 is 2.42 bits per heavy atom. The summed E-state index contributed by atoms with van der Waals surface area (Å²) in [5.74, 6) is 6.35. The van der Waals surface area contributed by atoms with Crippen LogP contribution in [0, 0.1) is 11.8 Å². The molecule has 0 aromatic heterocycles. The third-order valence-corrected chi connectivity index (χ3v) is 3.67. The van der Waals surface area contributed by atoms with E-state index >= 15 is 0 Å². The fraction of sp³-hybridized carbons (Fsp3) is 0.0625. The fourth-order valence-electron chi connectivity index (χ4n) is 2.14. The average Bonchev–Trinajstić information content (AvgIpc) is 2.41. The quantitative estimate of drug-likeness (QED) is 0.302. The van der Waals surface area contributed by atoms with Crippen molar-refractivity contribution in [3.8, 4) is 11.8 Å². The number of hydrogen-bond acceptors (Lipinski definition) is 1. The minimum atomic E-state index is 0.00329. The molecule has 0 fully saturated rings. The summed E-state index contributed by atoms with van der Waals surface area (Å²) in [4.78, 5) is 13.7. The number of carbonyl (C=O) groups excluding carboxylic acids is 1. The Kier molecular flexibility index (Phi) is 3.26. The second-order valence-corrected chi connectivity index (χ2v) is 5.19. The topological polar surface area (TPSA) is 20.3 Å². The van der Waals surface area contributed by atoms with Crippen molar-refractivity contribution in [2.24, 2.45) is 0 Å². The first-order chi connectivity index (χ1) is 9.25. The van der Waals surface area contributed by atoms with E-state index in [1.54, 1.807) is 4.90 Å². The van der Waals surface area contributed by atoms with E-state index in [2.05, 4.69) is 11.8 Å². The van der Waals surface area contributed by atoms with Crippen molar-refractivity contribution in [1.29, 1.82) is 0 Å². The Balaban J connectivity index is 2.23. The molecule has 1 aliphatic rings. The monoisotopic (exact) mass is 359 g/mol. The molecule has 0 bridgehead atoms. The molecular formula is C16H10INO. The Bertz CT molecular complexity index is 712. The molecule has 0 spiro atoms. The van der Waals surface area contributed by atoms with E-state index in [1.165, 1.54) is 0 Å². The Hall–Kier alpha value is -1.80. The van der Waals surface area contributed by atoms with Gasteiger partial charge in [-0.05, 0) is 23.8 Å². The Labute approximate surface area is 125 Å². The molecule has 0 atom stereocenters. The summed E-state index contributed by atoms with van der Waals surface area (Å²) in [6, 6.07) is 15.7. The molecule has 0 saturated carbocycles. The molecule has 0 aliphatic carbocycles.